The molecule has 0 saturated carbocycles. The second kappa shape index (κ2) is 11.4. The number of rotatable bonds is 6. The van der Waals surface area contributed by atoms with Gasteiger partial charge in [-0.1, -0.05) is 23.7 Å². The van der Waals surface area contributed by atoms with Gasteiger partial charge in [-0.2, -0.15) is 18.2 Å². The quantitative estimate of drug-likeness (QED) is 0.396. The molecule has 39 heavy (non-hydrogen) atoms. The number of aliphatic hydroxyl groups is 2. The van der Waals surface area contributed by atoms with Gasteiger partial charge >= 0.3 is 12.2 Å². The van der Waals surface area contributed by atoms with E-state index in [0.29, 0.717) is 25.2 Å². The van der Waals surface area contributed by atoms with Crippen LogP contribution >= 0.6 is 24.0 Å². The van der Waals surface area contributed by atoms with Gasteiger partial charge < -0.3 is 19.8 Å². The maximum atomic E-state index is 13.5. The molecule has 1 fully saturated rings. The molecule has 2 amide bonds. The standard InChI is InChI=1S/C24H22ClF3N6O4.ClH/c25-17-7-18-22(32-21(17)13-2-1-3-14(6-13)24(26,27)28)34(15-4-5-33(18)10-15)23(37)31-19-8-29-9-20(30-19)38-12-16(36)11-35;/h1-3,6-9,15-16,35-36H,4-5,10-12H2,(H,30,31,37);1H/t15-,16?;/m0./s1. The summed E-state index contributed by atoms with van der Waals surface area (Å²) in [6.07, 6.45) is -2.40. The minimum Gasteiger partial charge on any atom is -0.474 e. The molecular formula is C24H23Cl2F3N6O4. The van der Waals surface area contributed by atoms with E-state index < -0.39 is 30.5 Å². The van der Waals surface area contributed by atoms with Crippen LogP contribution in [-0.4, -0.2) is 69.6 Å². The number of nitrogens with zero attached hydrogens (tertiary/aromatic N) is 5. The van der Waals surface area contributed by atoms with Gasteiger partial charge in [0.15, 0.2) is 11.6 Å². The highest BCUT2D eigenvalue weighted by atomic mass is 35.5. The van der Waals surface area contributed by atoms with Gasteiger partial charge in [-0.15, -0.1) is 12.4 Å². The lowest BCUT2D eigenvalue weighted by atomic mass is 10.1. The van der Waals surface area contributed by atoms with Crippen molar-refractivity contribution in [1.29, 1.82) is 0 Å². The number of fused-ring (bicyclic) bond motifs is 4. The summed E-state index contributed by atoms with van der Waals surface area (Å²) >= 11 is 6.48. The van der Waals surface area contributed by atoms with Gasteiger partial charge in [0, 0.05) is 18.7 Å². The van der Waals surface area contributed by atoms with Crippen molar-refractivity contribution >= 4 is 47.4 Å². The molecule has 1 aromatic carbocycles. The van der Waals surface area contributed by atoms with Gasteiger partial charge in [0.25, 0.3) is 0 Å². The zero-order valence-corrected chi connectivity index (χ0v) is 21.7. The van der Waals surface area contributed by atoms with Crippen LogP contribution in [0.5, 0.6) is 5.88 Å². The molecule has 10 nitrogen and oxygen atoms in total. The molecule has 208 valence electrons. The van der Waals surface area contributed by atoms with E-state index in [0.717, 1.165) is 12.1 Å². The number of aliphatic hydroxyl groups excluding tert-OH is 2. The molecule has 3 aromatic rings. The second-order valence-corrected chi connectivity index (χ2v) is 9.23. The topological polar surface area (TPSA) is 124 Å². The molecule has 0 spiro atoms. The first kappa shape index (κ1) is 28.6. The summed E-state index contributed by atoms with van der Waals surface area (Å²) in [4.78, 5) is 29.6. The largest absolute Gasteiger partial charge is 0.474 e. The van der Waals surface area contributed by atoms with E-state index >= 15 is 0 Å². The number of urea groups is 1. The molecular weight excluding hydrogens is 564 g/mol. The van der Waals surface area contributed by atoms with Crippen LogP contribution in [0, 0.1) is 0 Å². The first-order chi connectivity index (χ1) is 18.1. The number of carbonyl (C=O) groups is 1. The van der Waals surface area contributed by atoms with Crippen molar-refractivity contribution in [3.05, 3.63) is 53.3 Å². The molecule has 2 aliphatic rings. The number of amides is 2. The fourth-order valence-electron chi connectivity index (χ4n) is 4.41. The van der Waals surface area contributed by atoms with E-state index in [1.807, 2.05) is 4.90 Å². The Morgan fingerprint density at radius 1 is 1.26 bits per heavy atom. The summed E-state index contributed by atoms with van der Waals surface area (Å²) in [7, 11) is 0. The Kier molecular flexibility index (Phi) is 8.35. The highest BCUT2D eigenvalue weighted by Crippen LogP contribution is 2.43. The summed E-state index contributed by atoms with van der Waals surface area (Å²) < 4.78 is 45.2. The Morgan fingerprint density at radius 3 is 2.79 bits per heavy atom. The van der Waals surface area contributed by atoms with Gasteiger partial charge in [0.05, 0.1) is 47.0 Å². The third-order valence-electron chi connectivity index (χ3n) is 6.20. The fourth-order valence-corrected chi connectivity index (χ4v) is 4.67. The lowest BCUT2D eigenvalue weighted by Crippen LogP contribution is -2.48. The molecule has 5 rings (SSSR count). The van der Waals surface area contributed by atoms with Gasteiger partial charge in [-0.3, -0.25) is 15.2 Å². The van der Waals surface area contributed by atoms with Gasteiger partial charge in [-0.05, 0) is 24.6 Å². The summed E-state index contributed by atoms with van der Waals surface area (Å²) in [6.45, 7) is 0.479. The van der Waals surface area contributed by atoms with Crippen molar-refractivity contribution in [2.45, 2.75) is 24.7 Å². The molecule has 15 heteroatoms. The SMILES string of the molecule is Cl.O=C(Nc1cncc(OCC(O)CO)n1)N1c2nc(-c3cccc(C(F)(F)F)c3)c(Cl)cc2N2CC[C@H]1C2. The average Bonchev–Trinajstić information content (AvgIpc) is 3.31. The number of ether oxygens (including phenoxy) is 1. The minimum atomic E-state index is -4.54. The fraction of sp³-hybridized carbons (Fsp3) is 0.333. The Morgan fingerprint density at radius 2 is 2.05 bits per heavy atom. The first-order valence-electron chi connectivity index (χ1n) is 11.6. The molecule has 2 bridgehead atoms. The van der Waals surface area contributed by atoms with E-state index in [9.17, 15) is 23.1 Å². The Labute approximate surface area is 231 Å². The third kappa shape index (κ3) is 5.96. The molecule has 4 heterocycles. The molecule has 0 radical (unpaired) electrons. The van der Waals surface area contributed by atoms with Crippen LogP contribution < -0.4 is 19.9 Å². The number of alkyl halides is 3. The van der Waals surface area contributed by atoms with Crippen LogP contribution in [0.1, 0.15) is 12.0 Å². The predicted octanol–water partition coefficient (Wildman–Crippen LogP) is 4.00. The summed E-state index contributed by atoms with van der Waals surface area (Å²) in [6, 6.07) is 5.50. The van der Waals surface area contributed by atoms with Crippen LogP contribution in [0.4, 0.5) is 35.3 Å². The van der Waals surface area contributed by atoms with Crippen LogP contribution in [-0.2, 0) is 6.18 Å². The average molecular weight is 587 g/mol. The highest BCUT2D eigenvalue weighted by Gasteiger charge is 2.41. The number of benzene rings is 1. The molecule has 2 aliphatic heterocycles. The van der Waals surface area contributed by atoms with E-state index in [-0.39, 0.29) is 58.9 Å². The normalized spacial score (nSPS) is 16.8. The number of nitrogens with one attached hydrogen (secondary N) is 1. The molecule has 2 aromatic heterocycles. The number of anilines is 3. The molecule has 3 N–H and O–H groups in total. The van der Waals surface area contributed by atoms with Crippen LogP contribution in [0.15, 0.2) is 42.7 Å². The van der Waals surface area contributed by atoms with Crippen LogP contribution in [0.25, 0.3) is 11.3 Å². The maximum Gasteiger partial charge on any atom is 0.416 e. The summed E-state index contributed by atoms with van der Waals surface area (Å²) in [5.74, 6) is 0.359. The summed E-state index contributed by atoms with van der Waals surface area (Å²) in [5, 5.41) is 21.2. The number of halogens is 5. The number of aromatic nitrogens is 3. The van der Waals surface area contributed by atoms with E-state index in [4.69, 9.17) is 21.4 Å². The monoisotopic (exact) mass is 586 g/mol. The minimum absolute atomic E-state index is 0. The number of hydrogen-bond acceptors (Lipinski definition) is 8. The second-order valence-electron chi connectivity index (χ2n) is 8.82. The van der Waals surface area contributed by atoms with Crippen molar-refractivity contribution in [2.24, 2.45) is 0 Å². The van der Waals surface area contributed by atoms with Gasteiger partial charge in [-0.25, -0.2) is 9.78 Å². The summed E-state index contributed by atoms with van der Waals surface area (Å²) in [5.41, 5.74) is 0.0445. The van der Waals surface area contributed by atoms with E-state index in [2.05, 4.69) is 20.3 Å². The van der Waals surface area contributed by atoms with Crippen molar-refractivity contribution in [1.82, 2.24) is 15.0 Å². The van der Waals surface area contributed by atoms with Crippen LogP contribution in [0.2, 0.25) is 5.02 Å². The smallest absolute Gasteiger partial charge is 0.416 e. The Balaban J connectivity index is 0.00000353. The molecule has 2 atom stereocenters. The lowest BCUT2D eigenvalue weighted by molar-refractivity contribution is -0.137. The molecule has 0 aliphatic carbocycles. The predicted molar refractivity (Wildman–Crippen MR) is 140 cm³/mol. The van der Waals surface area contributed by atoms with Crippen molar-refractivity contribution < 1.29 is 32.9 Å². The highest BCUT2D eigenvalue weighted by molar-refractivity contribution is 6.33. The van der Waals surface area contributed by atoms with Crippen molar-refractivity contribution in [2.75, 3.05) is 41.4 Å². The lowest BCUT2D eigenvalue weighted by Gasteiger charge is -2.36. The number of pyridine rings is 1. The number of hydrogen-bond donors (Lipinski definition) is 3. The Bertz CT molecular complexity index is 1370. The maximum absolute atomic E-state index is 13.5. The Hall–Kier alpha value is -3.39. The molecule has 1 unspecified atom stereocenters. The van der Waals surface area contributed by atoms with Crippen molar-refractivity contribution in [3.8, 4) is 17.1 Å². The van der Waals surface area contributed by atoms with E-state index in [1.54, 1.807) is 6.07 Å². The van der Waals surface area contributed by atoms with Crippen molar-refractivity contribution in [3.63, 3.8) is 0 Å². The zero-order chi connectivity index (χ0) is 27.0. The molecule has 1 saturated heterocycles. The van der Waals surface area contributed by atoms with E-state index in [1.165, 1.54) is 29.4 Å². The number of carbonyl (C=O) groups excluding carboxylic acids is 1. The van der Waals surface area contributed by atoms with Crippen LogP contribution in [0.3, 0.4) is 0 Å². The third-order valence-corrected chi connectivity index (χ3v) is 6.49. The van der Waals surface area contributed by atoms with Gasteiger partial charge in [0.2, 0.25) is 5.88 Å². The first-order valence-corrected chi connectivity index (χ1v) is 12.0. The zero-order valence-electron chi connectivity index (χ0n) is 20.1. The van der Waals surface area contributed by atoms with Gasteiger partial charge in [0.1, 0.15) is 12.7 Å².